The maximum atomic E-state index is 12.6. The summed E-state index contributed by atoms with van der Waals surface area (Å²) in [6.45, 7) is 7.99. The molecule has 2 aliphatic heterocycles. The van der Waals surface area contributed by atoms with Gasteiger partial charge < -0.3 is 15.5 Å². The quantitative estimate of drug-likeness (QED) is 0.834. The van der Waals surface area contributed by atoms with Crippen LogP contribution < -0.4 is 10.6 Å². The van der Waals surface area contributed by atoms with E-state index in [9.17, 15) is 4.79 Å². The molecule has 4 nitrogen and oxygen atoms in total. The molecule has 1 aromatic carbocycles. The van der Waals surface area contributed by atoms with Crippen LogP contribution in [0.5, 0.6) is 0 Å². The van der Waals surface area contributed by atoms with Gasteiger partial charge in [0.25, 0.3) is 0 Å². The number of benzene rings is 1. The molecule has 2 saturated heterocycles. The minimum Gasteiger partial charge on any atom is -0.324 e. The molecule has 1 unspecified atom stereocenters. The zero-order valence-corrected chi connectivity index (χ0v) is 13.0. The number of piperidine rings is 1. The highest BCUT2D eigenvalue weighted by Gasteiger charge is 2.39. The van der Waals surface area contributed by atoms with Crippen molar-refractivity contribution < 1.29 is 4.79 Å². The number of likely N-dealkylation sites (tertiary alicyclic amines) is 1. The molecule has 0 aromatic heterocycles. The molecular weight excluding hydrogens is 262 g/mol. The van der Waals surface area contributed by atoms with E-state index in [0.717, 1.165) is 43.9 Å². The van der Waals surface area contributed by atoms with Crippen molar-refractivity contribution in [3.05, 3.63) is 29.3 Å². The second kappa shape index (κ2) is 5.68. The predicted octanol–water partition coefficient (Wildman–Crippen LogP) is 2.91. The maximum absolute atomic E-state index is 12.6. The molecule has 21 heavy (non-hydrogen) atoms. The van der Waals surface area contributed by atoms with Crippen LogP contribution >= 0.6 is 0 Å². The molecule has 2 aliphatic rings. The Morgan fingerprint density at radius 1 is 1.33 bits per heavy atom. The molecule has 0 bridgehead atoms. The Bertz CT molecular complexity index is 535. The van der Waals surface area contributed by atoms with E-state index in [4.69, 9.17) is 0 Å². The normalized spacial score (nSPS) is 25.3. The lowest BCUT2D eigenvalue weighted by Gasteiger charge is -2.40. The first-order chi connectivity index (χ1) is 10.1. The summed E-state index contributed by atoms with van der Waals surface area (Å²) < 4.78 is 0. The number of nitrogens with one attached hydrogen (secondary N) is 2. The van der Waals surface area contributed by atoms with E-state index in [0.29, 0.717) is 5.41 Å². The molecule has 2 amide bonds. The first-order valence-electron chi connectivity index (χ1n) is 7.92. The molecule has 114 valence electrons. The molecule has 0 aliphatic carbocycles. The summed E-state index contributed by atoms with van der Waals surface area (Å²) in [5.74, 6) is 0. The zero-order valence-electron chi connectivity index (χ0n) is 13.0. The summed E-state index contributed by atoms with van der Waals surface area (Å²) in [7, 11) is 0. The summed E-state index contributed by atoms with van der Waals surface area (Å²) >= 11 is 0. The summed E-state index contributed by atoms with van der Waals surface area (Å²) in [6, 6.07) is 6.23. The minimum atomic E-state index is 0.0506. The van der Waals surface area contributed by atoms with E-state index in [2.05, 4.69) is 29.7 Å². The van der Waals surface area contributed by atoms with Crippen LogP contribution in [0.1, 0.15) is 30.4 Å². The number of hydrogen-bond acceptors (Lipinski definition) is 2. The van der Waals surface area contributed by atoms with E-state index < -0.39 is 0 Å². The first-order valence-corrected chi connectivity index (χ1v) is 7.92. The van der Waals surface area contributed by atoms with Crippen LogP contribution in [0, 0.1) is 19.3 Å². The molecule has 2 N–H and O–H groups in total. The van der Waals surface area contributed by atoms with Crippen LogP contribution in [0.2, 0.25) is 0 Å². The third-order valence-corrected chi connectivity index (χ3v) is 4.92. The average Bonchev–Trinajstić information content (AvgIpc) is 2.91. The van der Waals surface area contributed by atoms with Gasteiger partial charge in [-0.1, -0.05) is 12.1 Å². The number of aryl methyl sites for hydroxylation is 2. The smallest absolute Gasteiger partial charge is 0.321 e. The van der Waals surface area contributed by atoms with Gasteiger partial charge >= 0.3 is 6.03 Å². The van der Waals surface area contributed by atoms with E-state index in [1.807, 2.05) is 17.9 Å². The van der Waals surface area contributed by atoms with Gasteiger partial charge in [0, 0.05) is 30.7 Å². The van der Waals surface area contributed by atoms with Gasteiger partial charge in [-0.05, 0) is 56.8 Å². The Balaban J connectivity index is 1.68. The molecule has 0 radical (unpaired) electrons. The third kappa shape index (κ3) is 3.05. The van der Waals surface area contributed by atoms with E-state index >= 15 is 0 Å². The number of hydrogen-bond donors (Lipinski definition) is 2. The monoisotopic (exact) mass is 287 g/mol. The lowest BCUT2D eigenvalue weighted by molar-refractivity contribution is 0.125. The summed E-state index contributed by atoms with van der Waals surface area (Å²) in [6.07, 6.45) is 3.55. The molecule has 1 aromatic rings. The zero-order chi connectivity index (χ0) is 14.9. The molecule has 2 fully saturated rings. The number of amides is 2. The van der Waals surface area contributed by atoms with Gasteiger partial charge in [0.05, 0.1) is 0 Å². The van der Waals surface area contributed by atoms with Crippen molar-refractivity contribution in [2.45, 2.75) is 33.1 Å². The maximum Gasteiger partial charge on any atom is 0.321 e. The van der Waals surface area contributed by atoms with Gasteiger partial charge in [-0.3, -0.25) is 0 Å². The van der Waals surface area contributed by atoms with Gasteiger partial charge in [0.15, 0.2) is 0 Å². The molecule has 2 heterocycles. The van der Waals surface area contributed by atoms with Gasteiger partial charge in [0.1, 0.15) is 0 Å². The molecular formula is C17H25N3O. The fourth-order valence-corrected chi connectivity index (χ4v) is 3.59. The second-order valence-electron chi connectivity index (χ2n) is 6.70. The Kier molecular flexibility index (Phi) is 3.89. The summed E-state index contributed by atoms with van der Waals surface area (Å²) in [5.41, 5.74) is 3.54. The van der Waals surface area contributed by atoms with E-state index in [1.165, 1.54) is 18.4 Å². The van der Waals surface area contributed by atoms with Crippen molar-refractivity contribution in [1.29, 1.82) is 0 Å². The van der Waals surface area contributed by atoms with Gasteiger partial charge in [-0.15, -0.1) is 0 Å². The van der Waals surface area contributed by atoms with Crippen LogP contribution in [-0.4, -0.2) is 37.1 Å². The predicted molar refractivity (Wildman–Crippen MR) is 85.7 cm³/mol. The third-order valence-electron chi connectivity index (χ3n) is 4.92. The van der Waals surface area contributed by atoms with Crippen LogP contribution in [0.25, 0.3) is 0 Å². The lowest BCUT2D eigenvalue weighted by atomic mass is 9.79. The van der Waals surface area contributed by atoms with Crippen LogP contribution in [-0.2, 0) is 0 Å². The number of carbonyl (C=O) groups excluding carboxylic acids is 1. The average molecular weight is 287 g/mol. The van der Waals surface area contributed by atoms with Gasteiger partial charge in [-0.2, -0.15) is 0 Å². The first kappa shape index (κ1) is 14.4. The number of anilines is 1. The topological polar surface area (TPSA) is 44.4 Å². The largest absolute Gasteiger partial charge is 0.324 e. The number of carbonyl (C=O) groups is 1. The van der Waals surface area contributed by atoms with Crippen molar-refractivity contribution >= 4 is 11.7 Å². The van der Waals surface area contributed by atoms with Gasteiger partial charge in [-0.25, -0.2) is 4.79 Å². The molecule has 0 saturated carbocycles. The second-order valence-corrected chi connectivity index (χ2v) is 6.70. The fraction of sp³-hybridized carbons (Fsp3) is 0.588. The Hall–Kier alpha value is -1.55. The SMILES string of the molecule is Cc1ccc(C)c(NC(=O)N2CCCC3(CCNC3)C2)c1. The molecule has 3 rings (SSSR count). The summed E-state index contributed by atoms with van der Waals surface area (Å²) in [5, 5.41) is 6.54. The van der Waals surface area contributed by atoms with Crippen molar-refractivity contribution in [3.8, 4) is 0 Å². The number of urea groups is 1. The van der Waals surface area contributed by atoms with Crippen molar-refractivity contribution in [2.75, 3.05) is 31.5 Å². The minimum absolute atomic E-state index is 0.0506. The molecule has 1 spiro atoms. The van der Waals surface area contributed by atoms with Crippen molar-refractivity contribution in [1.82, 2.24) is 10.2 Å². The Labute approximate surface area is 126 Å². The highest BCUT2D eigenvalue weighted by Crippen LogP contribution is 2.35. The number of rotatable bonds is 1. The van der Waals surface area contributed by atoms with Crippen LogP contribution in [0.4, 0.5) is 10.5 Å². The molecule has 1 atom stereocenters. The van der Waals surface area contributed by atoms with Crippen molar-refractivity contribution in [3.63, 3.8) is 0 Å². The fourth-order valence-electron chi connectivity index (χ4n) is 3.59. The summed E-state index contributed by atoms with van der Waals surface area (Å²) in [4.78, 5) is 14.6. The van der Waals surface area contributed by atoms with Crippen molar-refractivity contribution in [2.24, 2.45) is 5.41 Å². The van der Waals surface area contributed by atoms with Crippen LogP contribution in [0.15, 0.2) is 18.2 Å². The molecule has 4 heteroatoms. The number of nitrogens with zero attached hydrogens (tertiary/aromatic N) is 1. The Morgan fingerprint density at radius 2 is 2.19 bits per heavy atom. The highest BCUT2D eigenvalue weighted by molar-refractivity contribution is 5.90. The van der Waals surface area contributed by atoms with E-state index in [-0.39, 0.29) is 6.03 Å². The van der Waals surface area contributed by atoms with E-state index in [1.54, 1.807) is 0 Å². The Morgan fingerprint density at radius 3 is 2.95 bits per heavy atom. The van der Waals surface area contributed by atoms with Crippen LogP contribution in [0.3, 0.4) is 0 Å². The van der Waals surface area contributed by atoms with Gasteiger partial charge in [0.2, 0.25) is 0 Å². The standard InChI is InChI=1S/C17H25N3O/c1-13-4-5-14(2)15(10-13)19-16(21)20-9-3-6-17(12-20)7-8-18-11-17/h4-5,10,18H,3,6-9,11-12H2,1-2H3,(H,19,21). The highest BCUT2D eigenvalue weighted by atomic mass is 16.2. The lowest BCUT2D eigenvalue weighted by Crippen LogP contribution is -2.48.